The van der Waals surface area contributed by atoms with E-state index < -0.39 is 0 Å². The first kappa shape index (κ1) is 17.9. The molecular weight excluding hydrogens is 354 g/mol. The highest BCUT2D eigenvalue weighted by molar-refractivity contribution is 6.04. The number of nitrogens with one attached hydrogen (secondary N) is 2. The fourth-order valence-electron chi connectivity index (χ4n) is 3.17. The number of benzene rings is 2. The molecule has 2 N–H and O–H groups in total. The molecule has 1 aliphatic rings. The van der Waals surface area contributed by atoms with Gasteiger partial charge in [-0.2, -0.15) is 0 Å². The molecule has 2 heterocycles. The average Bonchev–Trinajstić information content (AvgIpc) is 2.67. The molecule has 0 unspecified atom stereocenters. The zero-order valence-electron chi connectivity index (χ0n) is 15.8. The molecule has 2 aromatic carbocycles. The summed E-state index contributed by atoms with van der Waals surface area (Å²) in [4.78, 5) is 16.8. The largest absolute Gasteiger partial charge is 0.486 e. The Kier molecular flexibility index (Phi) is 4.85. The van der Waals surface area contributed by atoms with E-state index in [0.717, 1.165) is 11.4 Å². The molecule has 28 heavy (non-hydrogen) atoms. The first-order valence-corrected chi connectivity index (χ1v) is 9.08. The van der Waals surface area contributed by atoms with Crippen LogP contribution in [0.3, 0.4) is 0 Å². The number of aryl methyl sites for hydroxylation is 2. The molecule has 1 aliphatic heterocycles. The van der Waals surface area contributed by atoms with Gasteiger partial charge in [0.1, 0.15) is 13.2 Å². The van der Waals surface area contributed by atoms with E-state index >= 15 is 0 Å². The van der Waals surface area contributed by atoms with Crippen molar-refractivity contribution in [3.63, 3.8) is 0 Å². The lowest BCUT2D eigenvalue weighted by molar-refractivity contribution is 0.102. The van der Waals surface area contributed by atoms with Gasteiger partial charge in [-0.3, -0.25) is 9.78 Å². The summed E-state index contributed by atoms with van der Waals surface area (Å²) in [5.41, 5.74) is 5.15. The third-order valence-corrected chi connectivity index (χ3v) is 4.31. The molecule has 1 aromatic heterocycles. The van der Waals surface area contributed by atoms with Gasteiger partial charge in [0.2, 0.25) is 0 Å². The van der Waals surface area contributed by atoms with Crippen LogP contribution in [0.4, 0.5) is 17.1 Å². The monoisotopic (exact) mass is 375 g/mol. The Morgan fingerprint density at radius 2 is 1.61 bits per heavy atom. The van der Waals surface area contributed by atoms with Crippen LogP contribution >= 0.6 is 0 Å². The summed E-state index contributed by atoms with van der Waals surface area (Å²) in [7, 11) is 0. The van der Waals surface area contributed by atoms with Crippen LogP contribution < -0.4 is 20.1 Å². The van der Waals surface area contributed by atoms with Gasteiger partial charge in [-0.25, -0.2) is 0 Å². The average molecular weight is 375 g/mol. The molecule has 6 heteroatoms. The summed E-state index contributed by atoms with van der Waals surface area (Å²) in [5, 5.41) is 6.18. The maximum atomic E-state index is 12.6. The Morgan fingerprint density at radius 1 is 0.857 bits per heavy atom. The van der Waals surface area contributed by atoms with Crippen LogP contribution in [0.15, 0.2) is 54.9 Å². The van der Waals surface area contributed by atoms with Crippen LogP contribution in [0.25, 0.3) is 0 Å². The summed E-state index contributed by atoms with van der Waals surface area (Å²) in [6.07, 6.45) is 3.23. The Hall–Kier alpha value is -3.54. The number of carbonyl (C=O) groups excluding carboxylic acids is 1. The Labute approximate surface area is 163 Å². The van der Waals surface area contributed by atoms with Crippen LogP contribution in [0.5, 0.6) is 11.5 Å². The number of amides is 1. The first-order valence-electron chi connectivity index (χ1n) is 9.08. The second-order valence-electron chi connectivity index (χ2n) is 6.78. The van der Waals surface area contributed by atoms with Crippen LogP contribution in [0, 0.1) is 13.8 Å². The number of anilines is 3. The molecule has 0 aliphatic carbocycles. The maximum absolute atomic E-state index is 12.6. The summed E-state index contributed by atoms with van der Waals surface area (Å²) in [6, 6.07) is 13.3. The van der Waals surface area contributed by atoms with Gasteiger partial charge in [-0.15, -0.1) is 0 Å². The standard InChI is InChI=1S/C22H21N3O3/c1-14-7-15(2)9-18(8-14)24-19-10-16(12-23-13-19)22(26)25-17-3-4-20-21(11-17)28-6-5-27-20/h3-4,7-13,24H,5-6H2,1-2H3,(H,25,26). The second-order valence-corrected chi connectivity index (χ2v) is 6.78. The van der Waals surface area contributed by atoms with Crippen molar-refractivity contribution in [2.75, 3.05) is 23.8 Å². The fourth-order valence-corrected chi connectivity index (χ4v) is 3.17. The van der Waals surface area contributed by atoms with Gasteiger partial charge < -0.3 is 20.1 Å². The van der Waals surface area contributed by atoms with E-state index in [1.54, 1.807) is 36.7 Å². The summed E-state index contributed by atoms with van der Waals surface area (Å²) < 4.78 is 11.1. The third kappa shape index (κ3) is 4.06. The van der Waals surface area contributed by atoms with E-state index in [9.17, 15) is 4.79 Å². The van der Waals surface area contributed by atoms with Crippen molar-refractivity contribution < 1.29 is 14.3 Å². The van der Waals surface area contributed by atoms with Crippen molar-refractivity contribution in [2.45, 2.75) is 13.8 Å². The van der Waals surface area contributed by atoms with E-state index in [0.29, 0.717) is 36.0 Å². The molecule has 4 rings (SSSR count). The van der Waals surface area contributed by atoms with Gasteiger partial charge in [0.25, 0.3) is 5.91 Å². The molecule has 0 spiro atoms. The number of hydrogen-bond donors (Lipinski definition) is 2. The minimum Gasteiger partial charge on any atom is -0.486 e. The highest BCUT2D eigenvalue weighted by atomic mass is 16.6. The predicted octanol–water partition coefficient (Wildman–Crippen LogP) is 4.47. The molecule has 0 atom stereocenters. The highest BCUT2D eigenvalue weighted by Gasteiger charge is 2.14. The number of rotatable bonds is 4. The highest BCUT2D eigenvalue weighted by Crippen LogP contribution is 2.32. The Bertz CT molecular complexity index is 1010. The van der Waals surface area contributed by atoms with Crippen molar-refractivity contribution in [1.29, 1.82) is 0 Å². The van der Waals surface area contributed by atoms with Crippen molar-refractivity contribution in [3.05, 3.63) is 71.5 Å². The molecule has 0 fully saturated rings. The quantitative estimate of drug-likeness (QED) is 0.704. The Morgan fingerprint density at radius 3 is 2.39 bits per heavy atom. The topological polar surface area (TPSA) is 72.5 Å². The number of hydrogen-bond acceptors (Lipinski definition) is 5. The second kappa shape index (κ2) is 7.60. The van der Waals surface area contributed by atoms with E-state index in [1.165, 1.54) is 11.1 Å². The first-order chi connectivity index (χ1) is 13.6. The van der Waals surface area contributed by atoms with Gasteiger partial charge >= 0.3 is 0 Å². The zero-order valence-corrected chi connectivity index (χ0v) is 15.8. The van der Waals surface area contributed by atoms with Gasteiger partial charge in [0.15, 0.2) is 11.5 Å². The van der Waals surface area contributed by atoms with E-state index in [1.807, 2.05) is 13.8 Å². The minimum atomic E-state index is -0.242. The number of pyridine rings is 1. The van der Waals surface area contributed by atoms with E-state index in [-0.39, 0.29) is 5.91 Å². The van der Waals surface area contributed by atoms with E-state index in [2.05, 4.69) is 33.8 Å². The smallest absolute Gasteiger partial charge is 0.257 e. The third-order valence-electron chi connectivity index (χ3n) is 4.31. The Balaban J connectivity index is 1.50. The van der Waals surface area contributed by atoms with Crippen molar-refractivity contribution in [1.82, 2.24) is 4.98 Å². The van der Waals surface area contributed by atoms with Crippen LogP contribution in [-0.2, 0) is 0 Å². The number of ether oxygens (including phenoxy) is 2. The summed E-state index contributed by atoms with van der Waals surface area (Å²) >= 11 is 0. The van der Waals surface area contributed by atoms with Crippen LogP contribution in [-0.4, -0.2) is 24.1 Å². The van der Waals surface area contributed by atoms with Gasteiger partial charge in [-0.1, -0.05) is 6.07 Å². The SMILES string of the molecule is Cc1cc(C)cc(Nc2cncc(C(=O)Nc3ccc4c(c3)OCCO4)c2)c1. The van der Waals surface area contributed by atoms with Gasteiger partial charge in [0, 0.05) is 23.6 Å². The molecule has 6 nitrogen and oxygen atoms in total. The molecule has 0 radical (unpaired) electrons. The maximum Gasteiger partial charge on any atom is 0.257 e. The lowest BCUT2D eigenvalue weighted by atomic mass is 10.1. The molecular formula is C22H21N3O3. The molecule has 3 aromatic rings. The van der Waals surface area contributed by atoms with Crippen LogP contribution in [0.2, 0.25) is 0 Å². The number of fused-ring (bicyclic) bond motifs is 1. The lowest BCUT2D eigenvalue weighted by Crippen LogP contribution is -2.16. The van der Waals surface area contributed by atoms with Crippen LogP contribution in [0.1, 0.15) is 21.5 Å². The van der Waals surface area contributed by atoms with Crippen molar-refractivity contribution in [2.24, 2.45) is 0 Å². The fraction of sp³-hybridized carbons (Fsp3) is 0.182. The normalized spacial score (nSPS) is 12.4. The van der Waals surface area contributed by atoms with E-state index in [4.69, 9.17) is 9.47 Å². The lowest BCUT2D eigenvalue weighted by Gasteiger charge is -2.19. The summed E-state index contributed by atoms with van der Waals surface area (Å²) in [5.74, 6) is 1.08. The number of carbonyl (C=O) groups is 1. The zero-order chi connectivity index (χ0) is 19.5. The molecule has 1 amide bonds. The van der Waals surface area contributed by atoms with Crippen molar-refractivity contribution >= 4 is 23.0 Å². The molecule has 0 saturated heterocycles. The minimum absolute atomic E-state index is 0.242. The van der Waals surface area contributed by atoms with Gasteiger partial charge in [0.05, 0.1) is 17.4 Å². The van der Waals surface area contributed by atoms with Gasteiger partial charge in [-0.05, 0) is 55.3 Å². The molecule has 0 saturated carbocycles. The number of aromatic nitrogens is 1. The summed E-state index contributed by atoms with van der Waals surface area (Å²) in [6.45, 7) is 5.13. The van der Waals surface area contributed by atoms with Crippen molar-refractivity contribution in [3.8, 4) is 11.5 Å². The number of nitrogens with zero attached hydrogens (tertiary/aromatic N) is 1. The molecule has 142 valence electrons. The predicted molar refractivity (Wildman–Crippen MR) is 109 cm³/mol. The molecule has 0 bridgehead atoms.